The summed E-state index contributed by atoms with van der Waals surface area (Å²) in [6.07, 6.45) is 10.4. The summed E-state index contributed by atoms with van der Waals surface area (Å²) in [6, 6.07) is 10.2. The largest absolute Gasteiger partial charge is 0.858 e. The number of hydrogen-bond acceptors (Lipinski definition) is 6. The molecule has 5 rings (SSSR count). The van der Waals surface area contributed by atoms with E-state index in [1.807, 2.05) is 0 Å². The zero-order valence-corrected chi connectivity index (χ0v) is 19.3. The quantitative estimate of drug-likeness (QED) is 0.457. The first-order valence-corrected chi connectivity index (χ1v) is 12.9. The highest BCUT2D eigenvalue weighted by atomic mass is 32.2. The van der Waals surface area contributed by atoms with Crippen LogP contribution in [-0.4, -0.2) is 53.2 Å². The Morgan fingerprint density at radius 2 is 1.94 bits per heavy atom. The highest BCUT2D eigenvalue weighted by molar-refractivity contribution is 7.89. The molecule has 0 radical (unpaired) electrons. The van der Waals surface area contributed by atoms with Crippen molar-refractivity contribution in [2.75, 3.05) is 19.6 Å². The number of aliphatic imine (C=N–C) groups is 1. The van der Waals surface area contributed by atoms with Gasteiger partial charge in [-0.05, 0) is 68.0 Å². The predicted octanol–water partition coefficient (Wildman–Crippen LogP) is 1.94. The molecule has 0 amide bonds. The van der Waals surface area contributed by atoms with Gasteiger partial charge in [-0.1, -0.05) is 18.6 Å². The summed E-state index contributed by atoms with van der Waals surface area (Å²) in [4.78, 5) is 8.61. The van der Waals surface area contributed by atoms with Crippen LogP contribution in [0.25, 0.3) is 5.65 Å². The Labute approximate surface area is 194 Å². The Morgan fingerprint density at radius 3 is 2.73 bits per heavy atom. The number of piperidine rings is 2. The average Bonchev–Trinajstić information content (AvgIpc) is 3.31. The number of aromatic nitrogens is 2. The normalized spacial score (nSPS) is 22.7. The van der Waals surface area contributed by atoms with Gasteiger partial charge in [0.15, 0.2) is 0 Å². The number of imidazole rings is 1. The average molecular weight is 467 g/mol. The van der Waals surface area contributed by atoms with E-state index in [1.165, 1.54) is 0 Å². The molecule has 2 aliphatic rings. The number of nitrogens with zero attached hydrogens (tertiary/aromatic N) is 4. The summed E-state index contributed by atoms with van der Waals surface area (Å²) in [5, 5.41) is 16.0. The lowest BCUT2D eigenvalue weighted by Crippen LogP contribution is -2.59. The summed E-state index contributed by atoms with van der Waals surface area (Å²) in [6.45, 7) is 2.24. The monoisotopic (exact) mass is 466 g/mol. The van der Waals surface area contributed by atoms with Gasteiger partial charge in [-0.3, -0.25) is 4.99 Å². The molecule has 1 atom stereocenters. The first-order valence-electron chi connectivity index (χ1n) is 11.4. The van der Waals surface area contributed by atoms with E-state index in [0.29, 0.717) is 18.7 Å². The van der Waals surface area contributed by atoms with E-state index in [2.05, 4.69) is 15.3 Å². The Hall–Kier alpha value is -2.75. The van der Waals surface area contributed by atoms with E-state index in [-0.39, 0.29) is 22.9 Å². The zero-order chi connectivity index (χ0) is 22.9. The van der Waals surface area contributed by atoms with Crippen LogP contribution >= 0.6 is 0 Å². The maximum absolute atomic E-state index is 13.3. The molecule has 0 bridgehead atoms. The van der Waals surface area contributed by atoms with Crippen LogP contribution in [0.5, 0.6) is 0 Å². The Kier molecular flexibility index (Phi) is 5.94. The number of hydrogen-bond donors (Lipinski definition) is 1. The molecular formula is C24H28N5O3S-. The molecule has 0 saturated carbocycles. The van der Waals surface area contributed by atoms with Crippen LogP contribution in [-0.2, 0) is 16.6 Å². The van der Waals surface area contributed by atoms with Gasteiger partial charge in [0, 0.05) is 42.8 Å². The van der Waals surface area contributed by atoms with Gasteiger partial charge in [0.1, 0.15) is 5.65 Å². The third kappa shape index (κ3) is 4.53. The lowest BCUT2D eigenvalue weighted by Gasteiger charge is -2.45. The number of pyridine rings is 1. The summed E-state index contributed by atoms with van der Waals surface area (Å²) < 4.78 is 30.0. The third-order valence-electron chi connectivity index (χ3n) is 6.73. The topological polar surface area (TPSA) is 102 Å². The predicted molar refractivity (Wildman–Crippen MR) is 124 cm³/mol. The van der Waals surface area contributed by atoms with E-state index >= 15 is 0 Å². The van der Waals surface area contributed by atoms with Gasteiger partial charge in [0.2, 0.25) is 10.0 Å². The molecule has 9 heteroatoms. The van der Waals surface area contributed by atoms with Gasteiger partial charge >= 0.3 is 0 Å². The van der Waals surface area contributed by atoms with Crippen LogP contribution in [0.15, 0.2) is 64.9 Å². The van der Waals surface area contributed by atoms with Gasteiger partial charge in [-0.25, -0.2) is 13.4 Å². The molecule has 1 spiro atoms. The van der Waals surface area contributed by atoms with Crippen molar-refractivity contribution in [3.05, 3.63) is 66.1 Å². The molecule has 3 aromatic rings. The highest BCUT2D eigenvalue weighted by Crippen LogP contribution is 2.32. The molecule has 2 aromatic heterocycles. The number of sulfonamides is 1. The molecular weight excluding hydrogens is 438 g/mol. The molecule has 174 valence electrons. The van der Waals surface area contributed by atoms with Crippen molar-refractivity contribution in [2.45, 2.75) is 49.1 Å². The van der Waals surface area contributed by atoms with Gasteiger partial charge in [-0.2, -0.15) is 4.31 Å². The van der Waals surface area contributed by atoms with Crippen molar-refractivity contribution in [1.29, 1.82) is 0 Å². The van der Waals surface area contributed by atoms with Crippen LogP contribution < -0.4 is 10.4 Å². The fraction of sp³-hybridized carbons (Fsp3) is 0.417. The van der Waals surface area contributed by atoms with E-state index in [9.17, 15) is 13.5 Å². The molecule has 1 unspecified atom stereocenters. The Balaban J connectivity index is 1.28. The summed E-state index contributed by atoms with van der Waals surface area (Å²) >= 11 is 0. The highest BCUT2D eigenvalue weighted by Gasteiger charge is 2.40. The van der Waals surface area contributed by atoms with Crippen molar-refractivity contribution < 1.29 is 13.5 Å². The molecule has 2 saturated heterocycles. The van der Waals surface area contributed by atoms with Crippen molar-refractivity contribution in [3.63, 3.8) is 0 Å². The molecule has 1 aromatic carbocycles. The second-order valence-electron chi connectivity index (χ2n) is 8.98. The van der Waals surface area contributed by atoms with Gasteiger partial charge in [0.05, 0.1) is 11.4 Å². The second kappa shape index (κ2) is 8.89. The minimum absolute atomic E-state index is 0.0809. The van der Waals surface area contributed by atoms with Gasteiger partial charge in [0.25, 0.3) is 0 Å². The van der Waals surface area contributed by atoms with Crippen molar-refractivity contribution >= 4 is 21.6 Å². The van der Waals surface area contributed by atoms with Gasteiger partial charge < -0.3 is 14.8 Å². The fourth-order valence-electron chi connectivity index (χ4n) is 4.89. The lowest BCUT2D eigenvalue weighted by molar-refractivity contribution is -0.213. The smallest absolute Gasteiger partial charge is 0.243 e. The maximum atomic E-state index is 13.3. The molecule has 2 aliphatic heterocycles. The first-order chi connectivity index (χ1) is 16.0. The molecule has 2 fully saturated rings. The minimum Gasteiger partial charge on any atom is -0.858 e. The fourth-order valence-corrected chi connectivity index (χ4v) is 6.45. The first kappa shape index (κ1) is 22.1. The van der Waals surface area contributed by atoms with Crippen molar-refractivity contribution in [3.8, 4) is 0 Å². The second-order valence-corrected chi connectivity index (χ2v) is 10.9. The van der Waals surface area contributed by atoms with Crippen LogP contribution in [0, 0.1) is 0 Å². The maximum Gasteiger partial charge on any atom is 0.243 e. The van der Waals surface area contributed by atoms with Crippen molar-refractivity contribution in [2.24, 2.45) is 4.99 Å². The van der Waals surface area contributed by atoms with E-state index in [0.717, 1.165) is 49.9 Å². The van der Waals surface area contributed by atoms with E-state index in [1.54, 1.807) is 63.7 Å². The van der Waals surface area contributed by atoms with Crippen molar-refractivity contribution in [1.82, 2.24) is 19.0 Å². The zero-order valence-electron chi connectivity index (χ0n) is 18.5. The summed E-state index contributed by atoms with van der Waals surface area (Å²) in [7, 11) is -3.56. The standard InChI is InChI=1S/C24H29N5O3S/c30-23(20-6-9-22-25-13-15-28(22)17-20)26-16-19-4-7-21(8-5-19)33(31,32)29-14-3-11-24(18-29)10-1-2-12-27-24/h4-9,13,15,17,27H,1-3,10-12,14,16,18H2,(H,26,30)/p-1. The van der Waals surface area contributed by atoms with Crippen LogP contribution in [0.1, 0.15) is 43.2 Å². The van der Waals surface area contributed by atoms with Crippen LogP contribution in [0.4, 0.5) is 0 Å². The molecule has 4 heterocycles. The van der Waals surface area contributed by atoms with Crippen LogP contribution in [0.2, 0.25) is 0 Å². The molecule has 1 N–H and O–H groups in total. The number of rotatable bonds is 5. The SMILES string of the molecule is O=S(=O)(c1ccc(CN=C([O-])c2ccc3nccn3c2)cc1)N1CCCC2(CCCCN2)C1. The Morgan fingerprint density at radius 1 is 1.12 bits per heavy atom. The van der Waals surface area contributed by atoms with E-state index < -0.39 is 10.0 Å². The van der Waals surface area contributed by atoms with Gasteiger partial charge in [-0.15, -0.1) is 0 Å². The lowest BCUT2D eigenvalue weighted by atomic mass is 9.82. The number of fused-ring (bicyclic) bond motifs is 1. The molecule has 8 nitrogen and oxygen atoms in total. The third-order valence-corrected chi connectivity index (χ3v) is 8.59. The Bertz CT molecular complexity index is 1260. The van der Waals surface area contributed by atoms with Crippen LogP contribution in [0.3, 0.4) is 0 Å². The summed E-state index contributed by atoms with van der Waals surface area (Å²) in [5.41, 5.74) is 1.95. The molecule has 0 aliphatic carbocycles. The number of benzene rings is 1. The minimum atomic E-state index is -3.56. The molecule has 33 heavy (non-hydrogen) atoms. The van der Waals surface area contributed by atoms with E-state index in [4.69, 9.17) is 0 Å². The summed E-state index contributed by atoms with van der Waals surface area (Å²) in [5.74, 6) is -0.319. The number of nitrogens with one attached hydrogen (secondary N) is 1.